The average Bonchev–Trinajstić information content (AvgIpc) is 3.31. The molecule has 2 heterocycles. The maximum absolute atomic E-state index is 12.6. The topological polar surface area (TPSA) is 62.5 Å². The monoisotopic (exact) mass is 390 g/mol. The molecule has 1 aromatic heterocycles. The third-order valence-electron chi connectivity index (χ3n) is 5.46. The smallest absolute Gasteiger partial charge is 0.257 e. The number of amides is 1. The lowest BCUT2D eigenvalue weighted by Crippen LogP contribution is -2.38. The Hall–Kier alpha value is -1.92. The van der Waals surface area contributed by atoms with E-state index in [2.05, 4.69) is 19.9 Å². The van der Waals surface area contributed by atoms with Gasteiger partial charge in [-0.3, -0.25) is 9.69 Å². The van der Waals surface area contributed by atoms with Crippen LogP contribution in [-0.4, -0.2) is 52.0 Å². The molecule has 0 atom stereocenters. The molecule has 1 aliphatic carbocycles. The van der Waals surface area contributed by atoms with Crippen LogP contribution in [0.4, 0.5) is 0 Å². The van der Waals surface area contributed by atoms with Crippen molar-refractivity contribution in [3.05, 3.63) is 36.2 Å². The molecule has 2 aromatic rings. The summed E-state index contributed by atoms with van der Waals surface area (Å²) < 4.78 is 5.40. The van der Waals surface area contributed by atoms with Crippen molar-refractivity contribution in [2.24, 2.45) is 5.92 Å². The Kier molecular flexibility index (Phi) is 6.85. The van der Waals surface area contributed by atoms with Crippen LogP contribution in [0.25, 0.3) is 11.5 Å². The molecular formula is C20H27ClN4O2. The second-order valence-electron chi connectivity index (χ2n) is 7.32. The number of hydrogen-bond acceptors (Lipinski definition) is 5. The minimum atomic E-state index is 0. The van der Waals surface area contributed by atoms with Gasteiger partial charge in [0.25, 0.3) is 5.89 Å². The quantitative estimate of drug-likeness (QED) is 0.800. The summed E-state index contributed by atoms with van der Waals surface area (Å²) in [4.78, 5) is 21.6. The summed E-state index contributed by atoms with van der Waals surface area (Å²) >= 11 is 0. The molecule has 1 aliphatic heterocycles. The molecule has 0 radical (unpaired) electrons. The van der Waals surface area contributed by atoms with Gasteiger partial charge in [-0.1, -0.05) is 36.2 Å². The summed E-state index contributed by atoms with van der Waals surface area (Å²) in [6.45, 7) is 4.17. The van der Waals surface area contributed by atoms with E-state index in [1.807, 2.05) is 30.3 Å². The number of carbonyl (C=O) groups excluding carboxylic acids is 1. The molecule has 0 spiro atoms. The van der Waals surface area contributed by atoms with Gasteiger partial charge in [-0.2, -0.15) is 4.98 Å². The largest absolute Gasteiger partial charge is 0.341 e. The van der Waals surface area contributed by atoms with Crippen LogP contribution in [0.15, 0.2) is 34.9 Å². The van der Waals surface area contributed by atoms with Crippen molar-refractivity contribution in [2.75, 3.05) is 26.2 Å². The van der Waals surface area contributed by atoms with E-state index in [0.29, 0.717) is 24.2 Å². The lowest BCUT2D eigenvalue weighted by Gasteiger charge is -2.24. The van der Waals surface area contributed by atoms with Crippen LogP contribution in [0.1, 0.15) is 37.9 Å². The van der Waals surface area contributed by atoms with Crippen molar-refractivity contribution < 1.29 is 9.32 Å². The van der Waals surface area contributed by atoms with Gasteiger partial charge < -0.3 is 9.42 Å². The summed E-state index contributed by atoms with van der Waals surface area (Å²) in [6, 6.07) is 9.83. The fourth-order valence-electron chi connectivity index (χ4n) is 4.00. The third kappa shape index (κ3) is 4.87. The van der Waals surface area contributed by atoms with E-state index in [9.17, 15) is 4.79 Å². The normalized spacial score (nSPS) is 18.9. The van der Waals surface area contributed by atoms with Crippen molar-refractivity contribution in [2.45, 2.75) is 38.6 Å². The lowest BCUT2D eigenvalue weighted by atomic mass is 10.1. The van der Waals surface area contributed by atoms with Crippen molar-refractivity contribution in [1.82, 2.24) is 19.9 Å². The maximum atomic E-state index is 12.6. The number of nitrogens with zero attached hydrogens (tertiary/aromatic N) is 4. The number of benzene rings is 1. The number of halogens is 1. The number of carbonyl (C=O) groups is 1. The minimum absolute atomic E-state index is 0. The Balaban J connectivity index is 0.00000210. The Labute approximate surface area is 166 Å². The molecule has 1 saturated carbocycles. The first kappa shape index (κ1) is 19.8. The summed E-state index contributed by atoms with van der Waals surface area (Å²) in [5, 5.41) is 4.13. The first-order valence-corrected chi connectivity index (χ1v) is 9.69. The van der Waals surface area contributed by atoms with E-state index in [1.165, 1.54) is 12.8 Å². The highest BCUT2D eigenvalue weighted by Crippen LogP contribution is 2.27. The van der Waals surface area contributed by atoms with Crippen LogP contribution >= 0.6 is 12.4 Å². The Morgan fingerprint density at radius 3 is 2.59 bits per heavy atom. The van der Waals surface area contributed by atoms with Crippen molar-refractivity contribution in [3.8, 4) is 11.5 Å². The molecule has 4 rings (SSSR count). The molecule has 0 N–H and O–H groups in total. The molecule has 1 aromatic carbocycles. The SMILES string of the molecule is Cl.O=C(C1CCCC1)N1CCCN(Cc2noc(-c3ccccc3)n2)CC1. The second-order valence-corrected chi connectivity index (χ2v) is 7.32. The maximum Gasteiger partial charge on any atom is 0.257 e. The van der Waals surface area contributed by atoms with E-state index >= 15 is 0 Å². The van der Waals surface area contributed by atoms with Crippen molar-refractivity contribution >= 4 is 18.3 Å². The first-order chi connectivity index (χ1) is 12.8. The average molecular weight is 391 g/mol. The fraction of sp³-hybridized carbons (Fsp3) is 0.550. The first-order valence-electron chi connectivity index (χ1n) is 9.69. The van der Waals surface area contributed by atoms with E-state index in [1.54, 1.807) is 0 Å². The molecular weight excluding hydrogens is 364 g/mol. The summed E-state index contributed by atoms with van der Waals surface area (Å²) in [6.07, 6.45) is 5.56. The fourth-order valence-corrected chi connectivity index (χ4v) is 4.00. The molecule has 0 bridgehead atoms. The summed E-state index contributed by atoms with van der Waals surface area (Å²) in [5.74, 6) is 1.91. The van der Waals surface area contributed by atoms with E-state index in [-0.39, 0.29) is 18.3 Å². The summed E-state index contributed by atoms with van der Waals surface area (Å²) in [7, 11) is 0. The molecule has 27 heavy (non-hydrogen) atoms. The van der Waals surface area contributed by atoms with Gasteiger partial charge in [-0.25, -0.2) is 0 Å². The standard InChI is InChI=1S/C20H26N4O2.ClH/c25-20(17-9-4-5-10-17)24-12-6-11-23(13-14-24)15-18-21-19(26-22-18)16-7-2-1-3-8-16;/h1-3,7-8,17H,4-6,9-15H2;1H. The van der Waals surface area contributed by atoms with Crippen LogP contribution in [-0.2, 0) is 11.3 Å². The van der Waals surface area contributed by atoms with Crippen molar-refractivity contribution in [1.29, 1.82) is 0 Å². The minimum Gasteiger partial charge on any atom is -0.341 e. The van der Waals surface area contributed by atoms with E-state index in [0.717, 1.165) is 51.0 Å². The van der Waals surface area contributed by atoms with E-state index < -0.39 is 0 Å². The molecule has 2 fully saturated rings. The van der Waals surface area contributed by atoms with Gasteiger partial charge >= 0.3 is 0 Å². The van der Waals surface area contributed by atoms with Gasteiger partial charge in [-0.15, -0.1) is 12.4 Å². The highest BCUT2D eigenvalue weighted by atomic mass is 35.5. The Morgan fingerprint density at radius 2 is 1.81 bits per heavy atom. The zero-order valence-corrected chi connectivity index (χ0v) is 16.4. The zero-order valence-electron chi connectivity index (χ0n) is 15.5. The molecule has 0 unspecified atom stereocenters. The Bertz CT molecular complexity index is 731. The molecule has 146 valence electrons. The third-order valence-corrected chi connectivity index (χ3v) is 5.46. The highest BCUT2D eigenvalue weighted by molar-refractivity contribution is 5.85. The summed E-state index contributed by atoms with van der Waals surface area (Å²) in [5.41, 5.74) is 0.940. The van der Waals surface area contributed by atoms with Crippen LogP contribution in [0, 0.1) is 5.92 Å². The van der Waals surface area contributed by atoms with Gasteiger partial charge in [0.1, 0.15) is 0 Å². The molecule has 1 amide bonds. The van der Waals surface area contributed by atoms with E-state index in [4.69, 9.17) is 4.52 Å². The highest BCUT2D eigenvalue weighted by Gasteiger charge is 2.28. The zero-order chi connectivity index (χ0) is 17.8. The Morgan fingerprint density at radius 1 is 1.04 bits per heavy atom. The molecule has 2 aliphatic rings. The van der Waals surface area contributed by atoms with Gasteiger partial charge in [-0.05, 0) is 31.4 Å². The predicted molar refractivity (Wildman–Crippen MR) is 105 cm³/mol. The van der Waals surface area contributed by atoms with Crippen LogP contribution in [0.2, 0.25) is 0 Å². The van der Waals surface area contributed by atoms with Gasteiger partial charge in [0, 0.05) is 37.7 Å². The lowest BCUT2D eigenvalue weighted by molar-refractivity contribution is -0.135. The van der Waals surface area contributed by atoms with Crippen LogP contribution in [0.3, 0.4) is 0 Å². The van der Waals surface area contributed by atoms with Crippen molar-refractivity contribution in [3.63, 3.8) is 0 Å². The molecule has 1 saturated heterocycles. The number of aromatic nitrogens is 2. The number of rotatable bonds is 4. The van der Waals surface area contributed by atoms with Gasteiger partial charge in [0.05, 0.1) is 6.54 Å². The number of hydrogen-bond donors (Lipinski definition) is 0. The molecule has 6 nitrogen and oxygen atoms in total. The molecule has 7 heteroatoms. The van der Waals surface area contributed by atoms with Gasteiger partial charge in [0.2, 0.25) is 5.91 Å². The second kappa shape index (κ2) is 9.33. The predicted octanol–water partition coefficient (Wildman–Crippen LogP) is 3.38. The van der Waals surface area contributed by atoms with Gasteiger partial charge in [0.15, 0.2) is 5.82 Å². The van der Waals surface area contributed by atoms with Crippen LogP contribution < -0.4 is 0 Å². The van der Waals surface area contributed by atoms with Crippen LogP contribution in [0.5, 0.6) is 0 Å².